The van der Waals surface area contributed by atoms with E-state index in [-0.39, 0.29) is 5.92 Å². The SMILES string of the molecule is CCNC(=NCC1CCS(=O)(=O)C1)NCC1CCCCS1. The smallest absolute Gasteiger partial charge is 0.191 e. The zero-order valence-corrected chi connectivity index (χ0v) is 14.4. The van der Waals surface area contributed by atoms with Crippen LogP contribution in [0, 0.1) is 5.92 Å². The molecule has 0 aromatic carbocycles. The summed E-state index contributed by atoms with van der Waals surface area (Å²) in [5, 5.41) is 7.33. The van der Waals surface area contributed by atoms with E-state index in [0.29, 0.717) is 23.3 Å². The zero-order valence-electron chi connectivity index (χ0n) is 12.8. The van der Waals surface area contributed by atoms with Gasteiger partial charge in [0.15, 0.2) is 15.8 Å². The Labute approximate surface area is 132 Å². The van der Waals surface area contributed by atoms with E-state index in [9.17, 15) is 8.42 Å². The summed E-state index contributed by atoms with van der Waals surface area (Å²) >= 11 is 2.04. The highest BCUT2D eigenvalue weighted by molar-refractivity contribution is 7.99. The average molecular weight is 334 g/mol. The number of nitrogens with zero attached hydrogens (tertiary/aromatic N) is 1. The van der Waals surface area contributed by atoms with Crippen molar-refractivity contribution in [2.75, 3.05) is 36.9 Å². The van der Waals surface area contributed by atoms with Crippen LogP contribution in [0.15, 0.2) is 4.99 Å². The summed E-state index contributed by atoms with van der Waals surface area (Å²) in [6.07, 6.45) is 4.69. The second-order valence-corrected chi connectivity index (χ2v) is 9.50. The van der Waals surface area contributed by atoms with Crippen LogP contribution >= 0.6 is 11.8 Å². The highest BCUT2D eigenvalue weighted by Crippen LogP contribution is 2.24. The molecule has 2 atom stereocenters. The minimum absolute atomic E-state index is 0.189. The van der Waals surface area contributed by atoms with Crippen LogP contribution in [0.2, 0.25) is 0 Å². The first-order valence-electron chi connectivity index (χ1n) is 7.93. The number of hydrogen-bond acceptors (Lipinski definition) is 4. The van der Waals surface area contributed by atoms with Gasteiger partial charge in [-0.05, 0) is 37.9 Å². The fourth-order valence-corrected chi connectivity index (χ4v) is 5.85. The molecule has 2 fully saturated rings. The minimum Gasteiger partial charge on any atom is -0.357 e. The molecule has 21 heavy (non-hydrogen) atoms. The van der Waals surface area contributed by atoms with Crippen molar-refractivity contribution in [3.8, 4) is 0 Å². The number of nitrogens with one attached hydrogen (secondary N) is 2. The minimum atomic E-state index is -2.80. The second-order valence-electron chi connectivity index (χ2n) is 5.86. The molecule has 2 rings (SSSR count). The van der Waals surface area contributed by atoms with Gasteiger partial charge in [0, 0.05) is 24.9 Å². The Bertz CT molecular complexity index is 445. The Morgan fingerprint density at radius 1 is 1.29 bits per heavy atom. The fraction of sp³-hybridized carbons (Fsp3) is 0.929. The monoisotopic (exact) mass is 333 g/mol. The van der Waals surface area contributed by atoms with Gasteiger partial charge in [0.2, 0.25) is 0 Å². The molecule has 2 aliphatic heterocycles. The predicted octanol–water partition coefficient (Wildman–Crippen LogP) is 1.26. The molecule has 2 saturated heterocycles. The van der Waals surface area contributed by atoms with E-state index in [2.05, 4.69) is 15.6 Å². The Morgan fingerprint density at radius 2 is 2.14 bits per heavy atom. The van der Waals surface area contributed by atoms with E-state index in [0.717, 1.165) is 25.5 Å². The van der Waals surface area contributed by atoms with Crippen molar-refractivity contribution in [3.05, 3.63) is 0 Å². The lowest BCUT2D eigenvalue weighted by atomic mass is 10.1. The van der Waals surface area contributed by atoms with Crippen LogP contribution in [-0.2, 0) is 9.84 Å². The summed E-state index contributed by atoms with van der Waals surface area (Å²) in [5.41, 5.74) is 0. The molecule has 7 heteroatoms. The van der Waals surface area contributed by atoms with E-state index in [1.54, 1.807) is 0 Å². The van der Waals surface area contributed by atoms with Crippen molar-refractivity contribution in [1.29, 1.82) is 0 Å². The molecule has 0 spiro atoms. The molecule has 5 nitrogen and oxygen atoms in total. The maximum Gasteiger partial charge on any atom is 0.191 e. The Kier molecular flexibility index (Phi) is 6.67. The molecule has 0 aliphatic carbocycles. The van der Waals surface area contributed by atoms with Crippen LogP contribution < -0.4 is 10.6 Å². The topological polar surface area (TPSA) is 70.6 Å². The first kappa shape index (κ1) is 16.9. The highest BCUT2D eigenvalue weighted by Gasteiger charge is 2.27. The van der Waals surface area contributed by atoms with Gasteiger partial charge in [-0.15, -0.1) is 0 Å². The van der Waals surface area contributed by atoms with Crippen LogP contribution in [0.4, 0.5) is 0 Å². The van der Waals surface area contributed by atoms with Gasteiger partial charge in [0.05, 0.1) is 11.5 Å². The third-order valence-electron chi connectivity index (χ3n) is 3.95. The summed E-state index contributed by atoms with van der Waals surface area (Å²) in [7, 11) is -2.80. The van der Waals surface area contributed by atoms with E-state index in [1.165, 1.54) is 25.0 Å². The summed E-state index contributed by atoms with van der Waals surface area (Å²) in [6, 6.07) is 0. The summed E-state index contributed by atoms with van der Waals surface area (Å²) in [5.74, 6) is 2.91. The highest BCUT2D eigenvalue weighted by atomic mass is 32.2. The summed E-state index contributed by atoms with van der Waals surface area (Å²) < 4.78 is 22.9. The lowest BCUT2D eigenvalue weighted by Crippen LogP contribution is -2.41. The van der Waals surface area contributed by atoms with E-state index in [1.807, 2.05) is 18.7 Å². The van der Waals surface area contributed by atoms with Gasteiger partial charge >= 0.3 is 0 Å². The number of aliphatic imine (C=N–C) groups is 1. The molecule has 0 radical (unpaired) electrons. The van der Waals surface area contributed by atoms with Gasteiger partial charge in [0.25, 0.3) is 0 Å². The van der Waals surface area contributed by atoms with Crippen LogP contribution in [0.3, 0.4) is 0 Å². The average Bonchev–Trinajstić information content (AvgIpc) is 2.82. The molecule has 2 aliphatic rings. The van der Waals surface area contributed by atoms with Crippen molar-refractivity contribution in [3.63, 3.8) is 0 Å². The predicted molar refractivity (Wildman–Crippen MR) is 90.8 cm³/mol. The quantitative estimate of drug-likeness (QED) is 0.585. The Morgan fingerprint density at radius 3 is 2.76 bits per heavy atom. The Hall–Kier alpha value is -0.430. The number of hydrogen-bond donors (Lipinski definition) is 2. The van der Waals surface area contributed by atoms with Crippen LogP contribution in [0.1, 0.15) is 32.6 Å². The van der Waals surface area contributed by atoms with E-state index >= 15 is 0 Å². The standard InChI is InChI=1S/C14H27N3O2S2/c1-2-15-14(17-10-13-5-3-4-7-20-13)16-9-12-6-8-21(18,19)11-12/h12-13H,2-11H2,1H3,(H2,15,16,17). The van der Waals surface area contributed by atoms with Gasteiger partial charge < -0.3 is 10.6 Å². The third kappa shape index (κ3) is 6.06. The van der Waals surface area contributed by atoms with Crippen molar-refractivity contribution < 1.29 is 8.42 Å². The maximum absolute atomic E-state index is 11.5. The van der Waals surface area contributed by atoms with Gasteiger partial charge in [-0.25, -0.2) is 8.42 Å². The van der Waals surface area contributed by atoms with Crippen molar-refractivity contribution >= 4 is 27.6 Å². The first-order chi connectivity index (χ1) is 10.1. The molecular weight excluding hydrogens is 306 g/mol. The van der Waals surface area contributed by atoms with E-state index in [4.69, 9.17) is 0 Å². The van der Waals surface area contributed by atoms with Crippen LogP contribution in [0.5, 0.6) is 0 Å². The normalized spacial score (nSPS) is 29.3. The van der Waals surface area contributed by atoms with Gasteiger partial charge in [-0.2, -0.15) is 11.8 Å². The zero-order chi connectivity index (χ0) is 15.1. The molecule has 122 valence electrons. The fourth-order valence-electron chi connectivity index (χ4n) is 2.76. The number of thioether (sulfide) groups is 1. The van der Waals surface area contributed by atoms with Crippen molar-refractivity contribution in [2.45, 2.75) is 37.9 Å². The number of guanidine groups is 1. The van der Waals surface area contributed by atoms with E-state index < -0.39 is 9.84 Å². The van der Waals surface area contributed by atoms with Gasteiger partial charge in [-0.1, -0.05) is 6.42 Å². The largest absolute Gasteiger partial charge is 0.357 e. The first-order valence-corrected chi connectivity index (χ1v) is 10.8. The second kappa shape index (κ2) is 8.27. The molecular formula is C14H27N3O2S2. The molecule has 0 aromatic rings. The number of sulfone groups is 1. The van der Waals surface area contributed by atoms with Crippen LogP contribution in [-0.4, -0.2) is 56.5 Å². The molecule has 0 saturated carbocycles. The molecule has 2 heterocycles. The van der Waals surface area contributed by atoms with Gasteiger partial charge in [0.1, 0.15) is 0 Å². The van der Waals surface area contributed by atoms with Crippen molar-refractivity contribution in [2.24, 2.45) is 10.9 Å². The molecule has 0 bridgehead atoms. The summed E-state index contributed by atoms with van der Waals surface area (Å²) in [4.78, 5) is 4.57. The van der Waals surface area contributed by atoms with Gasteiger partial charge in [-0.3, -0.25) is 4.99 Å². The third-order valence-corrected chi connectivity index (χ3v) is 7.18. The lowest BCUT2D eigenvalue weighted by Gasteiger charge is -2.22. The maximum atomic E-state index is 11.5. The van der Waals surface area contributed by atoms with Crippen LogP contribution in [0.25, 0.3) is 0 Å². The summed E-state index contributed by atoms with van der Waals surface area (Å²) in [6.45, 7) is 4.42. The van der Waals surface area contributed by atoms with Crippen molar-refractivity contribution in [1.82, 2.24) is 10.6 Å². The molecule has 0 aromatic heterocycles. The number of rotatable bonds is 5. The lowest BCUT2D eigenvalue weighted by molar-refractivity contribution is 0.588. The molecule has 2 unspecified atom stereocenters. The molecule has 0 amide bonds. The Balaban J connectivity index is 1.78. The molecule has 2 N–H and O–H groups in total.